The number of hydrogen-bond donors (Lipinski definition) is 0. The molecule has 0 heterocycles. The molecule has 0 saturated carbocycles. The predicted octanol–water partition coefficient (Wildman–Crippen LogP) is 3.71. The molecule has 0 aromatic heterocycles. The number of ether oxygens (including phenoxy) is 1. The van der Waals surface area contributed by atoms with Crippen LogP contribution in [0.1, 0.15) is 19.3 Å². The second-order valence-corrected chi connectivity index (χ2v) is 7.48. The Balaban J connectivity index is 2.24. The first-order chi connectivity index (χ1) is 8.38. The van der Waals surface area contributed by atoms with Crippen LogP contribution in [0.2, 0.25) is 0 Å². The smallest absolute Gasteiger partial charge is 0.232 e. The molecule has 0 spiro atoms. The Labute approximate surface area is 119 Å². The summed E-state index contributed by atoms with van der Waals surface area (Å²) in [6.07, 6.45) is 1.88. The minimum atomic E-state index is -3.40. The highest BCUT2D eigenvalue weighted by Gasteiger charge is 2.05. The van der Waals surface area contributed by atoms with E-state index in [1.54, 1.807) is 6.07 Å². The van der Waals surface area contributed by atoms with E-state index in [-0.39, 0.29) is 11.6 Å². The predicted molar refractivity (Wildman–Crippen MR) is 73.1 cm³/mol. The Bertz CT molecular complexity index is 493. The molecule has 0 atom stereocenters. The van der Waals surface area contributed by atoms with Crippen molar-refractivity contribution in [2.24, 2.45) is 0 Å². The molecule has 1 aromatic rings. The van der Waals surface area contributed by atoms with E-state index in [0.717, 1.165) is 0 Å². The average Bonchev–Trinajstić information content (AvgIpc) is 2.26. The van der Waals surface area contributed by atoms with Crippen molar-refractivity contribution in [1.82, 2.24) is 0 Å². The van der Waals surface area contributed by atoms with Gasteiger partial charge in [0, 0.05) is 16.7 Å². The lowest BCUT2D eigenvalue weighted by molar-refractivity contribution is 0.303. The molecule has 0 aliphatic carbocycles. The van der Waals surface area contributed by atoms with Gasteiger partial charge in [-0.25, -0.2) is 12.8 Å². The Hall–Kier alpha value is -0.330. The summed E-state index contributed by atoms with van der Waals surface area (Å²) in [5, 5.41) is 0. The van der Waals surface area contributed by atoms with Crippen LogP contribution in [0.4, 0.5) is 4.39 Å². The summed E-state index contributed by atoms with van der Waals surface area (Å²) >= 11 is 3.25. The van der Waals surface area contributed by atoms with Gasteiger partial charge in [0.15, 0.2) is 0 Å². The van der Waals surface area contributed by atoms with Crippen LogP contribution in [0, 0.1) is 5.82 Å². The highest BCUT2D eigenvalue weighted by molar-refractivity contribution is 9.10. The van der Waals surface area contributed by atoms with Gasteiger partial charge in [0.1, 0.15) is 11.6 Å². The topological polar surface area (TPSA) is 43.4 Å². The lowest BCUT2D eigenvalue weighted by Gasteiger charge is -2.07. The Kier molecular flexibility index (Phi) is 6.38. The van der Waals surface area contributed by atoms with Crippen LogP contribution in [-0.2, 0) is 9.05 Å². The lowest BCUT2D eigenvalue weighted by atomic mass is 10.2. The van der Waals surface area contributed by atoms with Crippen LogP contribution in [0.3, 0.4) is 0 Å². The Morgan fingerprint density at radius 1 is 1.28 bits per heavy atom. The maximum Gasteiger partial charge on any atom is 0.232 e. The molecule has 0 radical (unpaired) electrons. The third-order valence-electron chi connectivity index (χ3n) is 2.18. The maximum atomic E-state index is 12.9. The lowest BCUT2D eigenvalue weighted by Crippen LogP contribution is -2.01. The van der Waals surface area contributed by atoms with Crippen LogP contribution in [0.15, 0.2) is 22.7 Å². The molecule has 0 fully saturated rings. The molecule has 0 unspecified atom stereocenters. The zero-order valence-corrected chi connectivity index (χ0v) is 12.7. The monoisotopic (exact) mass is 358 g/mol. The van der Waals surface area contributed by atoms with Crippen LogP contribution in [0.25, 0.3) is 0 Å². The highest BCUT2D eigenvalue weighted by Crippen LogP contribution is 2.25. The van der Waals surface area contributed by atoms with Gasteiger partial charge in [-0.2, -0.15) is 0 Å². The van der Waals surface area contributed by atoms with Crippen molar-refractivity contribution in [2.75, 3.05) is 12.4 Å². The van der Waals surface area contributed by atoms with E-state index in [0.29, 0.717) is 36.1 Å². The molecule has 0 N–H and O–H groups in total. The fourth-order valence-electron chi connectivity index (χ4n) is 1.32. The van der Waals surface area contributed by atoms with Gasteiger partial charge in [0.05, 0.1) is 16.8 Å². The van der Waals surface area contributed by atoms with Gasteiger partial charge in [-0.15, -0.1) is 0 Å². The van der Waals surface area contributed by atoms with Crippen molar-refractivity contribution in [1.29, 1.82) is 0 Å². The van der Waals surface area contributed by atoms with Crippen molar-refractivity contribution in [3.63, 3.8) is 0 Å². The van der Waals surface area contributed by atoms with E-state index in [9.17, 15) is 12.8 Å². The molecule has 0 aliphatic rings. The van der Waals surface area contributed by atoms with Gasteiger partial charge in [0.25, 0.3) is 0 Å². The molecule has 1 aromatic carbocycles. The van der Waals surface area contributed by atoms with E-state index in [2.05, 4.69) is 15.9 Å². The Morgan fingerprint density at radius 2 is 2.00 bits per heavy atom. The minimum absolute atomic E-state index is 0.0295. The summed E-state index contributed by atoms with van der Waals surface area (Å²) in [6.45, 7) is 0.407. The van der Waals surface area contributed by atoms with Crippen molar-refractivity contribution in [2.45, 2.75) is 19.3 Å². The van der Waals surface area contributed by atoms with Crippen LogP contribution >= 0.6 is 26.6 Å². The van der Waals surface area contributed by atoms with E-state index in [1.165, 1.54) is 12.1 Å². The van der Waals surface area contributed by atoms with E-state index < -0.39 is 9.05 Å². The summed E-state index contributed by atoms with van der Waals surface area (Å²) in [6, 6.07) is 4.21. The fraction of sp³-hybridized carbons (Fsp3) is 0.455. The average molecular weight is 360 g/mol. The van der Waals surface area contributed by atoms with Gasteiger partial charge >= 0.3 is 0 Å². The van der Waals surface area contributed by atoms with Gasteiger partial charge in [-0.1, -0.05) is 0 Å². The largest absolute Gasteiger partial charge is 0.492 e. The van der Waals surface area contributed by atoms with Crippen LogP contribution in [0.5, 0.6) is 5.75 Å². The number of benzene rings is 1. The van der Waals surface area contributed by atoms with Crippen molar-refractivity contribution in [3.8, 4) is 5.75 Å². The number of hydrogen-bond acceptors (Lipinski definition) is 3. The van der Waals surface area contributed by atoms with E-state index in [1.807, 2.05) is 0 Å². The molecule has 7 heteroatoms. The normalized spacial score (nSPS) is 11.5. The first-order valence-corrected chi connectivity index (χ1v) is 8.66. The summed E-state index contributed by atoms with van der Waals surface area (Å²) in [4.78, 5) is 0. The van der Waals surface area contributed by atoms with E-state index >= 15 is 0 Å². The Morgan fingerprint density at radius 3 is 2.67 bits per heavy atom. The fourth-order valence-corrected chi connectivity index (χ4v) is 2.56. The van der Waals surface area contributed by atoms with Crippen molar-refractivity contribution >= 4 is 35.7 Å². The van der Waals surface area contributed by atoms with Gasteiger partial charge in [-0.05, 0) is 47.3 Å². The summed E-state index contributed by atoms with van der Waals surface area (Å²) < 4.78 is 40.3. The van der Waals surface area contributed by atoms with Crippen LogP contribution in [-0.4, -0.2) is 20.8 Å². The quantitative estimate of drug-likeness (QED) is 0.550. The summed E-state index contributed by atoms with van der Waals surface area (Å²) in [7, 11) is 1.67. The third kappa shape index (κ3) is 6.56. The van der Waals surface area contributed by atoms with Crippen molar-refractivity contribution in [3.05, 3.63) is 28.5 Å². The molecule has 0 aliphatic heterocycles. The van der Waals surface area contributed by atoms with Gasteiger partial charge in [0.2, 0.25) is 9.05 Å². The van der Waals surface area contributed by atoms with Gasteiger partial charge < -0.3 is 4.74 Å². The SMILES string of the molecule is O=S(=O)(Cl)CCCCCOc1cc(F)ccc1Br. The summed E-state index contributed by atoms with van der Waals surface area (Å²) in [5.41, 5.74) is 0. The second kappa shape index (κ2) is 7.31. The third-order valence-corrected chi connectivity index (χ3v) is 4.08. The molecule has 0 bridgehead atoms. The maximum absolute atomic E-state index is 12.9. The molecule has 3 nitrogen and oxygen atoms in total. The first kappa shape index (κ1) is 15.7. The van der Waals surface area contributed by atoms with Crippen LogP contribution < -0.4 is 4.74 Å². The second-order valence-electron chi connectivity index (χ2n) is 3.73. The molecule has 102 valence electrons. The zero-order valence-electron chi connectivity index (χ0n) is 9.53. The number of rotatable bonds is 7. The first-order valence-electron chi connectivity index (χ1n) is 5.39. The molecule has 1 rings (SSSR count). The molecular weight excluding hydrogens is 347 g/mol. The van der Waals surface area contributed by atoms with Crippen molar-refractivity contribution < 1.29 is 17.5 Å². The molecule has 0 amide bonds. The van der Waals surface area contributed by atoms with Gasteiger partial charge in [-0.3, -0.25) is 0 Å². The molecule has 18 heavy (non-hydrogen) atoms. The standard InChI is InChI=1S/C11H13BrClFO3S/c12-10-5-4-9(14)8-11(10)17-6-2-1-3-7-18(13,15)16/h4-5,8H,1-3,6-7H2. The highest BCUT2D eigenvalue weighted by atomic mass is 79.9. The number of halogens is 3. The molecule has 0 saturated heterocycles. The number of unbranched alkanes of at least 4 members (excludes halogenated alkanes) is 2. The zero-order chi connectivity index (χ0) is 13.6. The summed E-state index contributed by atoms with van der Waals surface area (Å²) in [5.74, 6) is 0.0551. The molecular formula is C11H13BrClFO3S. The minimum Gasteiger partial charge on any atom is -0.492 e. The van der Waals surface area contributed by atoms with E-state index in [4.69, 9.17) is 15.4 Å².